The van der Waals surface area contributed by atoms with E-state index in [-0.39, 0.29) is 17.6 Å². The van der Waals surface area contributed by atoms with Crippen LogP contribution in [-0.2, 0) is 22.4 Å². The van der Waals surface area contributed by atoms with Crippen molar-refractivity contribution in [1.82, 2.24) is 14.8 Å². The predicted molar refractivity (Wildman–Crippen MR) is 110 cm³/mol. The van der Waals surface area contributed by atoms with E-state index >= 15 is 0 Å². The normalized spacial score (nSPS) is 14.4. The highest BCUT2D eigenvalue weighted by atomic mass is 19.1. The van der Waals surface area contributed by atoms with E-state index in [1.807, 2.05) is 40.3 Å². The highest BCUT2D eigenvalue weighted by Gasteiger charge is 2.24. The van der Waals surface area contributed by atoms with E-state index in [4.69, 9.17) is 0 Å². The number of benzene rings is 2. The fourth-order valence-electron chi connectivity index (χ4n) is 3.82. The number of halogens is 1. The zero-order valence-corrected chi connectivity index (χ0v) is 16.2. The standard InChI is InChI=1S/C23H24FN3O2/c24-19-8-5-17(6-9-19)7-10-22(28)26-11-13-27(14-12-26)23(29)15-18-16-25-21-4-2-1-3-20(18)21/h1-6,8-9,16,25H,7,10-15H2. The van der Waals surface area contributed by atoms with Gasteiger partial charge in [-0.2, -0.15) is 0 Å². The first-order valence-corrected chi connectivity index (χ1v) is 9.95. The summed E-state index contributed by atoms with van der Waals surface area (Å²) in [5, 5.41) is 1.08. The van der Waals surface area contributed by atoms with E-state index in [9.17, 15) is 14.0 Å². The number of H-pyrrole nitrogens is 1. The summed E-state index contributed by atoms with van der Waals surface area (Å²) in [7, 11) is 0. The van der Waals surface area contributed by atoms with Crippen molar-refractivity contribution in [3.05, 3.63) is 71.7 Å². The minimum absolute atomic E-state index is 0.0815. The summed E-state index contributed by atoms with van der Waals surface area (Å²) < 4.78 is 13.0. The molecule has 29 heavy (non-hydrogen) atoms. The van der Waals surface area contributed by atoms with E-state index < -0.39 is 0 Å². The Morgan fingerprint density at radius 2 is 1.55 bits per heavy atom. The van der Waals surface area contributed by atoms with Gasteiger partial charge >= 0.3 is 0 Å². The second-order valence-electron chi connectivity index (χ2n) is 7.42. The first kappa shape index (κ1) is 19.2. The smallest absolute Gasteiger partial charge is 0.227 e. The third kappa shape index (κ3) is 4.47. The molecular formula is C23H24FN3O2. The number of carbonyl (C=O) groups excluding carboxylic acids is 2. The van der Waals surface area contributed by atoms with Crippen LogP contribution in [0.4, 0.5) is 4.39 Å². The molecule has 2 amide bonds. The number of rotatable bonds is 5. The van der Waals surface area contributed by atoms with Gasteiger partial charge in [0.05, 0.1) is 6.42 Å². The first-order valence-electron chi connectivity index (χ1n) is 9.95. The van der Waals surface area contributed by atoms with Crippen LogP contribution in [0.5, 0.6) is 0 Å². The number of hydrogen-bond donors (Lipinski definition) is 1. The number of nitrogens with one attached hydrogen (secondary N) is 1. The number of aromatic nitrogens is 1. The van der Waals surface area contributed by atoms with E-state index in [2.05, 4.69) is 4.98 Å². The number of fused-ring (bicyclic) bond motifs is 1. The Labute approximate surface area is 169 Å². The third-order valence-electron chi connectivity index (χ3n) is 5.54. The summed E-state index contributed by atoms with van der Waals surface area (Å²) >= 11 is 0. The first-order chi connectivity index (χ1) is 14.1. The molecule has 0 atom stereocenters. The quantitative estimate of drug-likeness (QED) is 0.724. The third-order valence-corrected chi connectivity index (χ3v) is 5.54. The molecule has 0 spiro atoms. The van der Waals surface area contributed by atoms with Crippen LogP contribution in [0, 0.1) is 5.82 Å². The number of amides is 2. The molecule has 1 N–H and O–H groups in total. The van der Waals surface area contributed by atoms with Crippen LogP contribution >= 0.6 is 0 Å². The Morgan fingerprint density at radius 1 is 0.897 bits per heavy atom. The lowest BCUT2D eigenvalue weighted by Crippen LogP contribution is -2.51. The lowest BCUT2D eigenvalue weighted by molar-refractivity contribution is -0.139. The molecule has 1 fully saturated rings. The Kier molecular flexibility index (Phi) is 5.60. The molecule has 2 aromatic carbocycles. The van der Waals surface area contributed by atoms with Crippen LogP contribution in [0.3, 0.4) is 0 Å². The van der Waals surface area contributed by atoms with Crippen molar-refractivity contribution in [2.75, 3.05) is 26.2 Å². The van der Waals surface area contributed by atoms with Crippen molar-refractivity contribution < 1.29 is 14.0 Å². The van der Waals surface area contributed by atoms with Crippen molar-refractivity contribution in [2.45, 2.75) is 19.3 Å². The highest BCUT2D eigenvalue weighted by molar-refractivity contribution is 5.89. The van der Waals surface area contributed by atoms with Gasteiger partial charge in [-0.3, -0.25) is 9.59 Å². The van der Waals surface area contributed by atoms with Gasteiger partial charge in [0.25, 0.3) is 0 Å². The van der Waals surface area contributed by atoms with Crippen LogP contribution in [-0.4, -0.2) is 52.8 Å². The van der Waals surface area contributed by atoms with Gasteiger partial charge in [0.15, 0.2) is 0 Å². The molecule has 1 saturated heterocycles. The summed E-state index contributed by atoms with van der Waals surface area (Å²) in [5.41, 5.74) is 2.99. The van der Waals surface area contributed by atoms with Gasteiger partial charge in [0.1, 0.15) is 5.82 Å². The predicted octanol–water partition coefficient (Wildman–Crippen LogP) is 3.15. The fourth-order valence-corrected chi connectivity index (χ4v) is 3.82. The number of carbonyl (C=O) groups is 2. The maximum atomic E-state index is 13.0. The van der Waals surface area contributed by atoms with Crippen LogP contribution in [0.15, 0.2) is 54.7 Å². The Balaban J connectivity index is 1.26. The molecule has 0 bridgehead atoms. The van der Waals surface area contributed by atoms with Crippen LogP contribution in [0.25, 0.3) is 10.9 Å². The van der Waals surface area contributed by atoms with E-state index in [0.29, 0.717) is 45.4 Å². The summed E-state index contributed by atoms with van der Waals surface area (Å²) in [6.45, 7) is 2.23. The average Bonchev–Trinajstić information content (AvgIpc) is 3.16. The number of para-hydroxylation sites is 1. The molecule has 150 valence electrons. The molecule has 0 saturated carbocycles. The molecule has 1 aromatic heterocycles. The maximum absolute atomic E-state index is 13.0. The summed E-state index contributed by atoms with van der Waals surface area (Å²) in [6.07, 6.45) is 3.26. The topological polar surface area (TPSA) is 56.4 Å². The van der Waals surface area contributed by atoms with Gasteiger partial charge in [-0.1, -0.05) is 30.3 Å². The minimum Gasteiger partial charge on any atom is -0.361 e. The number of aryl methyl sites for hydroxylation is 1. The Hall–Kier alpha value is -3.15. The molecule has 0 unspecified atom stereocenters. The van der Waals surface area contributed by atoms with Gasteiger partial charge in [0.2, 0.25) is 11.8 Å². The van der Waals surface area contributed by atoms with Crippen LogP contribution in [0.1, 0.15) is 17.5 Å². The number of nitrogens with zero attached hydrogens (tertiary/aromatic N) is 2. The molecule has 1 aliphatic rings. The van der Waals surface area contributed by atoms with Gasteiger partial charge in [-0.05, 0) is 35.7 Å². The SMILES string of the molecule is O=C(CCc1ccc(F)cc1)N1CCN(C(=O)Cc2c[nH]c3ccccc23)CC1. The Bertz CT molecular complexity index is 1000. The summed E-state index contributed by atoms with van der Waals surface area (Å²) in [6, 6.07) is 14.2. The van der Waals surface area contributed by atoms with Crippen molar-refractivity contribution in [3.8, 4) is 0 Å². The van der Waals surface area contributed by atoms with Gasteiger partial charge in [-0.15, -0.1) is 0 Å². The van der Waals surface area contributed by atoms with Gasteiger partial charge < -0.3 is 14.8 Å². The lowest BCUT2D eigenvalue weighted by Gasteiger charge is -2.35. The average molecular weight is 393 g/mol. The molecule has 3 aromatic rings. The Morgan fingerprint density at radius 3 is 2.28 bits per heavy atom. The zero-order valence-electron chi connectivity index (χ0n) is 16.2. The highest BCUT2D eigenvalue weighted by Crippen LogP contribution is 2.19. The molecule has 4 rings (SSSR count). The molecule has 0 radical (unpaired) electrons. The van der Waals surface area contributed by atoms with Crippen molar-refractivity contribution in [1.29, 1.82) is 0 Å². The zero-order chi connectivity index (χ0) is 20.2. The monoisotopic (exact) mass is 393 g/mol. The van der Waals surface area contributed by atoms with Crippen molar-refractivity contribution in [2.24, 2.45) is 0 Å². The van der Waals surface area contributed by atoms with Crippen molar-refractivity contribution >= 4 is 22.7 Å². The van der Waals surface area contributed by atoms with E-state index in [1.54, 1.807) is 12.1 Å². The van der Waals surface area contributed by atoms with Crippen molar-refractivity contribution in [3.63, 3.8) is 0 Å². The minimum atomic E-state index is -0.270. The van der Waals surface area contributed by atoms with E-state index in [0.717, 1.165) is 22.0 Å². The summed E-state index contributed by atoms with van der Waals surface area (Å²) in [5.74, 6) is -0.0975. The molecule has 0 aliphatic carbocycles. The molecule has 6 heteroatoms. The number of hydrogen-bond acceptors (Lipinski definition) is 2. The largest absolute Gasteiger partial charge is 0.361 e. The fraction of sp³-hybridized carbons (Fsp3) is 0.304. The molecule has 2 heterocycles. The van der Waals surface area contributed by atoms with E-state index in [1.165, 1.54) is 12.1 Å². The van der Waals surface area contributed by atoms with Gasteiger partial charge in [-0.25, -0.2) is 4.39 Å². The molecule has 5 nitrogen and oxygen atoms in total. The maximum Gasteiger partial charge on any atom is 0.227 e. The number of piperazine rings is 1. The lowest BCUT2D eigenvalue weighted by atomic mass is 10.1. The molecule has 1 aliphatic heterocycles. The van der Waals surface area contributed by atoms with Gasteiger partial charge in [0, 0.05) is 49.7 Å². The van der Waals surface area contributed by atoms with Crippen LogP contribution in [0.2, 0.25) is 0 Å². The molecular weight excluding hydrogens is 369 g/mol. The van der Waals surface area contributed by atoms with Crippen LogP contribution < -0.4 is 0 Å². The second-order valence-corrected chi connectivity index (χ2v) is 7.42. The second kappa shape index (κ2) is 8.47. The number of aromatic amines is 1. The summed E-state index contributed by atoms with van der Waals surface area (Å²) in [4.78, 5) is 32.0.